The van der Waals surface area contributed by atoms with Crippen molar-refractivity contribution >= 4 is 41.0 Å². The Labute approximate surface area is 221 Å². The van der Waals surface area contributed by atoms with Crippen molar-refractivity contribution < 1.29 is 14.4 Å². The van der Waals surface area contributed by atoms with Gasteiger partial charge < -0.3 is 16.0 Å². The Morgan fingerprint density at radius 3 is 2.51 bits per heavy atom. The van der Waals surface area contributed by atoms with Crippen LogP contribution in [-0.4, -0.2) is 40.8 Å². The fourth-order valence-electron chi connectivity index (χ4n) is 4.74. The van der Waals surface area contributed by atoms with E-state index in [9.17, 15) is 14.4 Å². The summed E-state index contributed by atoms with van der Waals surface area (Å²) in [5.41, 5.74) is 8.89. The average molecular weight is 520 g/mol. The Balaban J connectivity index is 1.61. The number of hydrogen-bond donors (Lipinski definition) is 2. The van der Waals surface area contributed by atoms with Crippen molar-refractivity contribution in [3.8, 4) is 0 Å². The van der Waals surface area contributed by atoms with Gasteiger partial charge in [-0.05, 0) is 67.3 Å². The summed E-state index contributed by atoms with van der Waals surface area (Å²) in [4.78, 5) is 47.1. The summed E-state index contributed by atoms with van der Waals surface area (Å²) in [6.07, 6.45) is 0.844. The molecule has 1 aliphatic rings. The van der Waals surface area contributed by atoms with Gasteiger partial charge in [-0.25, -0.2) is 9.78 Å². The monoisotopic (exact) mass is 519 g/mol. The van der Waals surface area contributed by atoms with Crippen molar-refractivity contribution in [3.05, 3.63) is 88.6 Å². The van der Waals surface area contributed by atoms with Gasteiger partial charge in [-0.3, -0.25) is 14.5 Å². The second kappa shape index (κ2) is 11.0. The molecule has 1 fully saturated rings. The number of rotatable bonds is 7. The number of aromatic nitrogens is 1. The number of anilines is 2. The molecule has 9 heteroatoms. The van der Waals surface area contributed by atoms with Gasteiger partial charge in [-0.15, -0.1) is 0 Å². The molecule has 3 aromatic rings. The maximum atomic E-state index is 13.7. The first kappa shape index (κ1) is 26.2. The molecule has 0 aliphatic carbocycles. The molecule has 0 radical (unpaired) electrons. The van der Waals surface area contributed by atoms with Crippen LogP contribution >= 0.6 is 11.6 Å². The topological polar surface area (TPSA) is 109 Å². The van der Waals surface area contributed by atoms with E-state index in [1.54, 1.807) is 43.4 Å². The molecule has 1 aromatic heterocycles. The Bertz CT molecular complexity index is 1300. The molecule has 4 rings (SSSR count). The van der Waals surface area contributed by atoms with E-state index in [0.29, 0.717) is 28.6 Å². The maximum absolute atomic E-state index is 13.7. The number of likely N-dealkylation sites (tertiary alicyclic amines) is 1. The van der Waals surface area contributed by atoms with Crippen molar-refractivity contribution in [3.63, 3.8) is 0 Å². The highest BCUT2D eigenvalue weighted by molar-refractivity contribution is 6.30. The van der Waals surface area contributed by atoms with Crippen molar-refractivity contribution in [2.75, 3.05) is 17.7 Å². The van der Waals surface area contributed by atoms with Crippen LogP contribution in [0, 0.1) is 12.8 Å². The third kappa shape index (κ3) is 5.59. The summed E-state index contributed by atoms with van der Waals surface area (Å²) in [5, 5.41) is 3.47. The molecular formula is C28H30ClN5O3. The van der Waals surface area contributed by atoms with Crippen LogP contribution in [0.2, 0.25) is 5.02 Å². The zero-order valence-electron chi connectivity index (χ0n) is 21.0. The summed E-state index contributed by atoms with van der Waals surface area (Å²) in [5.74, 6) is -1.13. The van der Waals surface area contributed by atoms with Crippen LogP contribution in [0.1, 0.15) is 36.2 Å². The maximum Gasteiger partial charge on any atom is 0.325 e. The van der Waals surface area contributed by atoms with Gasteiger partial charge in [0.1, 0.15) is 11.9 Å². The number of urea groups is 1. The van der Waals surface area contributed by atoms with E-state index in [4.69, 9.17) is 17.3 Å². The fourth-order valence-corrected chi connectivity index (χ4v) is 4.94. The quantitative estimate of drug-likeness (QED) is 0.446. The van der Waals surface area contributed by atoms with Crippen molar-refractivity contribution in [1.82, 2.24) is 15.2 Å². The number of carbonyl (C=O) groups excluding carboxylic acids is 3. The van der Waals surface area contributed by atoms with Gasteiger partial charge in [0.2, 0.25) is 5.91 Å². The highest BCUT2D eigenvalue weighted by atomic mass is 35.5. The molecule has 1 aliphatic heterocycles. The Hall–Kier alpha value is -3.91. The van der Waals surface area contributed by atoms with E-state index in [1.165, 1.54) is 4.90 Å². The summed E-state index contributed by atoms with van der Waals surface area (Å²) < 4.78 is 0. The number of imide groups is 1. The van der Waals surface area contributed by atoms with E-state index in [0.717, 1.165) is 16.0 Å². The third-order valence-corrected chi connectivity index (χ3v) is 6.84. The normalized spacial score (nSPS) is 17.6. The molecule has 4 amide bonds. The summed E-state index contributed by atoms with van der Waals surface area (Å²) >= 11 is 6.14. The van der Waals surface area contributed by atoms with Gasteiger partial charge in [0.25, 0.3) is 5.91 Å². The molecule has 0 bridgehead atoms. The largest absolute Gasteiger partial charge is 0.384 e. The van der Waals surface area contributed by atoms with Gasteiger partial charge in [0.05, 0.1) is 12.0 Å². The third-order valence-electron chi connectivity index (χ3n) is 6.61. The molecule has 37 heavy (non-hydrogen) atoms. The van der Waals surface area contributed by atoms with Crippen LogP contribution in [0.25, 0.3) is 0 Å². The molecule has 3 atom stereocenters. The predicted octanol–water partition coefficient (Wildman–Crippen LogP) is 4.52. The first-order valence-corrected chi connectivity index (χ1v) is 12.5. The van der Waals surface area contributed by atoms with E-state index >= 15 is 0 Å². The SMILES string of the molecule is CC[C@@H](NC(=O)N1C(=O)[C@H](Cc2cc(C)nc(N)c2)[C@H]1C(=O)N(C)c1ccccc1)c1cccc(Cl)c1. The molecule has 192 valence electrons. The molecule has 0 unspecified atom stereocenters. The number of halogens is 1. The molecule has 0 saturated carbocycles. The Morgan fingerprint density at radius 2 is 1.86 bits per heavy atom. The fraction of sp³-hybridized carbons (Fsp3) is 0.286. The minimum Gasteiger partial charge on any atom is -0.384 e. The summed E-state index contributed by atoms with van der Waals surface area (Å²) in [6.45, 7) is 3.74. The van der Waals surface area contributed by atoms with E-state index in [2.05, 4.69) is 10.3 Å². The molecule has 2 heterocycles. The van der Waals surface area contributed by atoms with Crippen LogP contribution in [0.4, 0.5) is 16.3 Å². The molecule has 1 saturated heterocycles. The smallest absolute Gasteiger partial charge is 0.325 e. The van der Waals surface area contributed by atoms with Crippen molar-refractivity contribution in [2.24, 2.45) is 5.92 Å². The van der Waals surface area contributed by atoms with Gasteiger partial charge in [-0.1, -0.05) is 48.9 Å². The van der Waals surface area contributed by atoms with Crippen LogP contribution < -0.4 is 16.0 Å². The first-order chi connectivity index (χ1) is 17.7. The number of nitrogen functional groups attached to an aromatic ring is 1. The molecule has 2 aromatic carbocycles. The molecule has 3 N–H and O–H groups in total. The van der Waals surface area contributed by atoms with Crippen molar-refractivity contribution in [2.45, 2.75) is 38.8 Å². The van der Waals surface area contributed by atoms with Gasteiger partial charge in [-0.2, -0.15) is 0 Å². The predicted molar refractivity (Wildman–Crippen MR) is 144 cm³/mol. The zero-order valence-corrected chi connectivity index (χ0v) is 21.8. The van der Waals surface area contributed by atoms with Crippen LogP contribution in [0.5, 0.6) is 0 Å². The van der Waals surface area contributed by atoms with Gasteiger partial charge in [0.15, 0.2) is 0 Å². The number of para-hydroxylation sites is 1. The van der Waals surface area contributed by atoms with Gasteiger partial charge >= 0.3 is 6.03 Å². The highest BCUT2D eigenvalue weighted by Gasteiger charge is 2.55. The lowest BCUT2D eigenvalue weighted by Gasteiger charge is -2.46. The molecule has 8 nitrogen and oxygen atoms in total. The number of β-lactam (4-membered cyclic amide) rings is 1. The Morgan fingerprint density at radius 1 is 1.14 bits per heavy atom. The van der Waals surface area contributed by atoms with E-state index in [1.807, 2.05) is 44.2 Å². The lowest BCUT2D eigenvalue weighted by atomic mass is 9.81. The number of likely N-dealkylation sites (N-methyl/N-ethyl adjacent to an activating group) is 1. The standard InChI is InChI=1S/C28H30ClN5O3/c1-4-23(19-9-8-10-20(29)16-19)32-28(37)34-25(27(36)33(3)21-11-6-5-7-12-21)22(26(34)35)14-18-13-17(2)31-24(30)15-18/h5-13,15-16,22-23,25H,4,14H2,1-3H3,(H2,30,31)(H,32,37)/t22-,23-,25+/m1/s1. The van der Waals surface area contributed by atoms with Crippen molar-refractivity contribution in [1.29, 1.82) is 0 Å². The number of amides is 4. The first-order valence-electron chi connectivity index (χ1n) is 12.1. The number of nitrogens with two attached hydrogens (primary N) is 1. The number of pyridine rings is 1. The number of nitrogens with zero attached hydrogens (tertiary/aromatic N) is 3. The number of hydrogen-bond acceptors (Lipinski definition) is 5. The summed E-state index contributed by atoms with van der Waals surface area (Å²) in [6, 6.07) is 17.9. The minimum atomic E-state index is -0.968. The second-order valence-electron chi connectivity index (χ2n) is 9.20. The summed E-state index contributed by atoms with van der Waals surface area (Å²) in [7, 11) is 1.64. The van der Waals surface area contributed by atoms with E-state index in [-0.39, 0.29) is 18.4 Å². The van der Waals surface area contributed by atoms with E-state index < -0.39 is 23.9 Å². The number of benzene rings is 2. The molecular weight excluding hydrogens is 490 g/mol. The lowest BCUT2D eigenvalue weighted by Crippen LogP contribution is -2.70. The van der Waals surface area contributed by atoms with Crippen LogP contribution in [0.3, 0.4) is 0 Å². The average Bonchev–Trinajstić information content (AvgIpc) is 2.87. The van der Waals surface area contributed by atoms with Crippen LogP contribution in [-0.2, 0) is 16.0 Å². The number of carbonyl (C=O) groups is 3. The zero-order chi connectivity index (χ0) is 26.7. The van der Waals surface area contributed by atoms with Gasteiger partial charge in [0, 0.05) is 23.5 Å². The molecule has 0 spiro atoms. The second-order valence-corrected chi connectivity index (χ2v) is 9.64. The minimum absolute atomic E-state index is 0.265. The van der Waals surface area contributed by atoms with Crippen LogP contribution in [0.15, 0.2) is 66.7 Å². The Kier molecular flexibility index (Phi) is 7.78. The number of nitrogens with one attached hydrogen (secondary N) is 1. The lowest BCUT2D eigenvalue weighted by molar-refractivity contribution is -0.156. The number of aryl methyl sites for hydroxylation is 1. The highest BCUT2D eigenvalue weighted by Crippen LogP contribution is 2.34.